The number of carbonyl (C=O) groups is 1. The summed E-state index contributed by atoms with van der Waals surface area (Å²) in [6.07, 6.45) is 6.79. The topological polar surface area (TPSA) is 71.2 Å². The van der Waals surface area contributed by atoms with Gasteiger partial charge in [0.05, 0.1) is 12.6 Å². The van der Waals surface area contributed by atoms with E-state index in [1.807, 2.05) is 0 Å². The van der Waals surface area contributed by atoms with E-state index in [1.54, 1.807) is 12.3 Å². The second-order valence-corrected chi connectivity index (χ2v) is 6.13. The first kappa shape index (κ1) is 15.3. The van der Waals surface area contributed by atoms with Crippen LogP contribution in [0.4, 0.5) is 0 Å². The molecule has 0 saturated heterocycles. The van der Waals surface area contributed by atoms with E-state index in [9.17, 15) is 9.59 Å². The lowest BCUT2D eigenvalue weighted by Crippen LogP contribution is -2.36. The van der Waals surface area contributed by atoms with Crippen molar-refractivity contribution in [3.05, 3.63) is 20.7 Å². The van der Waals surface area contributed by atoms with Gasteiger partial charge in [0.15, 0.2) is 0 Å². The normalized spacial score (nSPS) is 18.4. The van der Waals surface area contributed by atoms with Gasteiger partial charge in [0.1, 0.15) is 6.10 Å². The predicted octanol–water partition coefficient (Wildman–Crippen LogP) is 2.18. The smallest absolute Gasteiger partial charge is 0.304 e. The van der Waals surface area contributed by atoms with Crippen molar-refractivity contribution in [1.29, 1.82) is 0 Å². The quantitative estimate of drug-likeness (QED) is 0.819. The van der Waals surface area contributed by atoms with Gasteiger partial charge in [-0.05, 0) is 19.8 Å². The Bertz CT molecular complexity index is 475. The van der Waals surface area contributed by atoms with Crippen molar-refractivity contribution >= 4 is 17.2 Å². The molecule has 1 aliphatic rings. The molecule has 1 heterocycles. The minimum absolute atomic E-state index is 0.1000. The van der Waals surface area contributed by atoms with Crippen LogP contribution >= 0.6 is 11.3 Å². The predicted molar refractivity (Wildman–Crippen MR) is 78.8 cm³/mol. The fourth-order valence-electron chi connectivity index (χ4n) is 2.46. The van der Waals surface area contributed by atoms with Gasteiger partial charge < -0.3 is 15.0 Å². The summed E-state index contributed by atoms with van der Waals surface area (Å²) in [5.74, 6) is -0.124. The number of thiazole rings is 1. The van der Waals surface area contributed by atoms with Crippen LogP contribution < -0.4 is 10.2 Å². The molecular weight excluding hydrogens is 276 g/mol. The van der Waals surface area contributed by atoms with Gasteiger partial charge in [-0.2, -0.15) is 0 Å². The van der Waals surface area contributed by atoms with Crippen molar-refractivity contribution in [2.24, 2.45) is 0 Å². The number of rotatable bonds is 5. The summed E-state index contributed by atoms with van der Waals surface area (Å²) in [6.45, 7) is 2.13. The Kier molecular flexibility index (Phi) is 5.79. The second kappa shape index (κ2) is 7.59. The average Bonchev–Trinajstić information content (AvgIpc) is 2.68. The van der Waals surface area contributed by atoms with Crippen LogP contribution in [-0.4, -0.2) is 23.1 Å². The Morgan fingerprint density at radius 1 is 1.45 bits per heavy atom. The molecule has 0 aromatic carbocycles. The first-order valence-corrected chi connectivity index (χ1v) is 8.13. The maximum absolute atomic E-state index is 12.0. The van der Waals surface area contributed by atoms with Gasteiger partial charge in [0.25, 0.3) is 0 Å². The van der Waals surface area contributed by atoms with Crippen molar-refractivity contribution in [3.63, 3.8) is 0 Å². The lowest BCUT2D eigenvalue weighted by molar-refractivity contribution is -0.136. The summed E-state index contributed by atoms with van der Waals surface area (Å²) >= 11 is 1.10. The Morgan fingerprint density at radius 3 is 2.75 bits per heavy atom. The monoisotopic (exact) mass is 298 g/mol. The lowest BCUT2D eigenvalue weighted by Gasteiger charge is -2.20. The molecule has 1 saturated carbocycles. The number of aromatic amines is 1. The minimum Gasteiger partial charge on any atom is -0.365 e. The Balaban J connectivity index is 1.74. The van der Waals surface area contributed by atoms with Crippen LogP contribution in [0.25, 0.3) is 0 Å². The molecule has 1 atom stereocenters. The van der Waals surface area contributed by atoms with Crippen molar-refractivity contribution in [2.45, 2.75) is 64.2 Å². The molecule has 1 amide bonds. The van der Waals surface area contributed by atoms with E-state index in [4.69, 9.17) is 4.74 Å². The number of carbonyl (C=O) groups excluding carboxylic acids is 1. The Labute approximate surface area is 122 Å². The molecule has 6 heteroatoms. The third kappa shape index (κ3) is 4.76. The van der Waals surface area contributed by atoms with E-state index in [0.717, 1.165) is 29.9 Å². The Hall–Kier alpha value is -1.14. The van der Waals surface area contributed by atoms with E-state index in [2.05, 4.69) is 10.3 Å². The highest BCUT2D eigenvalue weighted by Crippen LogP contribution is 2.20. The lowest BCUT2D eigenvalue weighted by atomic mass is 10.1. The number of ether oxygens (including phenoxy) is 1. The zero-order chi connectivity index (χ0) is 14.4. The maximum atomic E-state index is 12.0. The summed E-state index contributed by atoms with van der Waals surface area (Å²) < 4.78 is 5.85. The van der Waals surface area contributed by atoms with Crippen LogP contribution in [0.1, 0.15) is 51.1 Å². The number of hydrogen-bond donors (Lipinski definition) is 2. The zero-order valence-electron chi connectivity index (χ0n) is 11.8. The van der Waals surface area contributed by atoms with Crippen LogP contribution in [0.2, 0.25) is 0 Å². The first-order valence-electron chi connectivity index (χ1n) is 7.25. The van der Waals surface area contributed by atoms with Gasteiger partial charge in [0.2, 0.25) is 5.91 Å². The molecule has 2 rings (SSSR count). The number of nitrogens with one attached hydrogen (secondary N) is 2. The molecule has 1 aliphatic carbocycles. The summed E-state index contributed by atoms with van der Waals surface area (Å²) in [6, 6.07) is 0. The fourth-order valence-corrected chi connectivity index (χ4v) is 3.04. The molecule has 2 N–H and O–H groups in total. The molecule has 1 fully saturated rings. The maximum Gasteiger partial charge on any atom is 0.304 e. The molecule has 0 spiro atoms. The van der Waals surface area contributed by atoms with Crippen LogP contribution in [0.15, 0.2) is 10.2 Å². The van der Waals surface area contributed by atoms with Gasteiger partial charge in [-0.3, -0.25) is 9.59 Å². The molecule has 1 aromatic rings. The molecule has 0 bridgehead atoms. The van der Waals surface area contributed by atoms with Crippen molar-refractivity contribution in [3.8, 4) is 0 Å². The van der Waals surface area contributed by atoms with Crippen LogP contribution in [0, 0.1) is 0 Å². The van der Waals surface area contributed by atoms with E-state index >= 15 is 0 Å². The molecule has 20 heavy (non-hydrogen) atoms. The molecule has 0 unspecified atom stereocenters. The summed E-state index contributed by atoms with van der Waals surface area (Å²) in [7, 11) is 0. The average molecular weight is 298 g/mol. The highest BCUT2D eigenvalue weighted by molar-refractivity contribution is 7.07. The minimum atomic E-state index is -0.441. The van der Waals surface area contributed by atoms with E-state index in [1.165, 1.54) is 25.7 Å². The van der Waals surface area contributed by atoms with Crippen molar-refractivity contribution in [1.82, 2.24) is 10.3 Å². The van der Waals surface area contributed by atoms with E-state index in [0.29, 0.717) is 6.54 Å². The third-order valence-corrected chi connectivity index (χ3v) is 4.31. The third-order valence-electron chi connectivity index (χ3n) is 3.59. The summed E-state index contributed by atoms with van der Waals surface area (Å²) in [5, 5.41) is 4.51. The van der Waals surface area contributed by atoms with E-state index in [-0.39, 0.29) is 16.9 Å². The summed E-state index contributed by atoms with van der Waals surface area (Å²) in [5.41, 5.74) is 0.731. The van der Waals surface area contributed by atoms with Gasteiger partial charge in [-0.1, -0.05) is 37.0 Å². The first-order chi connectivity index (χ1) is 9.65. The molecule has 0 aliphatic heterocycles. The van der Waals surface area contributed by atoms with Gasteiger partial charge >= 0.3 is 4.87 Å². The molecule has 0 radical (unpaired) electrons. The highest BCUT2D eigenvalue weighted by Gasteiger charge is 2.20. The fraction of sp³-hybridized carbons (Fsp3) is 0.714. The molecule has 5 nitrogen and oxygen atoms in total. The number of H-pyrrole nitrogens is 1. The van der Waals surface area contributed by atoms with Gasteiger partial charge in [-0.25, -0.2) is 0 Å². The zero-order valence-corrected chi connectivity index (χ0v) is 12.6. The van der Waals surface area contributed by atoms with Crippen LogP contribution in [0.5, 0.6) is 0 Å². The Morgan fingerprint density at radius 2 is 2.15 bits per heavy atom. The van der Waals surface area contributed by atoms with Crippen molar-refractivity contribution < 1.29 is 9.53 Å². The van der Waals surface area contributed by atoms with Gasteiger partial charge in [0, 0.05) is 11.1 Å². The molecule has 1 aromatic heterocycles. The number of hydrogen-bond acceptors (Lipinski definition) is 4. The van der Waals surface area contributed by atoms with E-state index < -0.39 is 6.10 Å². The standard InChI is InChI=1S/C14H22N2O3S/c1-10(19-12-6-4-2-3-5-7-12)13(17)15-8-11-9-20-14(18)16-11/h9-10,12H,2-8H2,1H3,(H,15,17)(H,16,18)/t10-/m0/s1. The number of aromatic nitrogens is 1. The molecule has 112 valence electrons. The van der Waals surface area contributed by atoms with Crippen LogP contribution in [0.3, 0.4) is 0 Å². The summed E-state index contributed by atoms with van der Waals surface area (Å²) in [4.78, 5) is 25.5. The second-order valence-electron chi connectivity index (χ2n) is 5.28. The molecular formula is C14H22N2O3S. The highest BCUT2D eigenvalue weighted by atomic mass is 32.1. The number of amides is 1. The van der Waals surface area contributed by atoms with Gasteiger partial charge in [-0.15, -0.1) is 0 Å². The van der Waals surface area contributed by atoms with Crippen molar-refractivity contribution in [2.75, 3.05) is 0 Å². The largest absolute Gasteiger partial charge is 0.365 e. The SMILES string of the molecule is C[C@H](OC1CCCCCC1)C(=O)NCc1csc(=O)[nH]1. The van der Waals surface area contributed by atoms with Crippen LogP contribution in [-0.2, 0) is 16.1 Å².